The fourth-order valence-corrected chi connectivity index (χ4v) is 11.1. The van der Waals surface area contributed by atoms with Crippen LogP contribution in [0.2, 0.25) is 0 Å². The molecule has 0 saturated heterocycles. The van der Waals surface area contributed by atoms with Crippen LogP contribution < -0.4 is 26.2 Å². The van der Waals surface area contributed by atoms with Crippen molar-refractivity contribution < 1.29 is 0 Å². The van der Waals surface area contributed by atoms with Crippen molar-refractivity contribution in [1.29, 1.82) is 0 Å². The molecule has 0 saturated carbocycles. The van der Waals surface area contributed by atoms with Crippen LogP contribution >= 0.6 is 0 Å². The summed E-state index contributed by atoms with van der Waals surface area (Å²) >= 11 is 0. The van der Waals surface area contributed by atoms with Gasteiger partial charge >= 0.3 is 0 Å². The van der Waals surface area contributed by atoms with Crippen molar-refractivity contribution in [2.45, 2.75) is 145 Å². The molecule has 8 aromatic rings. The van der Waals surface area contributed by atoms with Crippen LogP contribution in [0.15, 0.2) is 127 Å². The van der Waals surface area contributed by atoms with E-state index in [1.165, 1.54) is 117 Å². The van der Waals surface area contributed by atoms with E-state index in [1.807, 2.05) is 0 Å². The molecule has 0 fully saturated rings. The summed E-state index contributed by atoms with van der Waals surface area (Å²) in [6.45, 7) is 39.7. The second-order valence-electron chi connectivity index (χ2n) is 25.4. The summed E-state index contributed by atoms with van der Waals surface area (Å²) < 4.78 is 2.50. The minimum Gasteiger partial charge on any atom is -0.311 e. The van der Waals surface area contributed by atoms with Crippen LogP contribution in [0.25, 0.3) is 27.5 Å². The van der Waals surface area contributed by atoms with Crippen LogP contribution in [0.1, 0.15) is 143 Å². The number of fused-ring (bicyclic) bond motifs is 7. The average molecular weight is 894 g/mol. The predicted molar refractivity (Wildman–Crippen MR) is 298 cm³/mol. The summed E-state index contributed by atoms with van der Waals surface area (Å²) in [6.07, 6.45) is 0. The van der Waals surface area contributed by atoms with Gasteiger partial charge in [0.2, 0.25) is 0 Å². The van der Waals surface area contributed by atoms with Crippen LogP contribution in [0.5, 0.6) is 0 Å². The molecule has 0 bridgehead atoms. The first-order valence-electron chi connectivity index (χ1n) is 25.1. The topological polar surface area (TPSA) is 11.4 Å². The van der Waals surface area contributed by atoms with Crippen LogP contribution in [-0.4, -0.2) is 11.3 Å². The Bertz CT molecular complexity index is 3290. The van der Waals surface area contributed by atoms with Crippen LogP contribution in [0.4, 0.5) is 34.1 Å². The molecule has 346 valence electrons. The number of hydrogen-bond donors (Lipinski definition) is 0. The van der Waals surface area contributed by atoms with Crippen molar-refractivity contribution in [3.8, 4) is 5.69 Å². The molecule has 0 spiro atoms. The van der Waals surface area contributed by atoms with Gasteiger partial charge in [0, 0.05) is 44.9 Å². The Kier molecular flexibility index (Phi) is 10.3. The number of para-hydroxylation sites is 1. The quantitative estimate of drug-likeness (QED) is 0.164. The Morgan fingerprint density at radius 2 is 0.824 bits per heavy atom. The van der Waals surface area contributed by atoms with Gasteiger partial charge in [-0.05, 0) is 157 Å². The zero-order valence-corrected chi connectivity index (χ0v) is 44.0. The second-order valence-corrected chi connectivity index (χ2v) is 25.4. The van der Waals surface area contributed by atoms with Gasteiger partial charge in [-0.25, -0.2) is 0 Å². The average Bonchev–Trinajstić information content (AvgIpc) is 3.57. The third kappa shape index (κ3) is 7.40. The predicted octanol–water partition coefficient (Wildman–Crippen LogP) is 16.0. The molecule has 7 aromatic carbocycles. The van der Waals surface area contributed by atoms with Gasteiger partial charge in [0.15, 0.2) is 0 Å². The van der Waals surface area contributed by atoms with E-state index in [1.54, 1.807) is 0 Å². The van der Waals surface area contributed by atoms with Gasteiger partial charge < -0.3 is 14.4 Å². The number of aryl methyl sites for hydroxylation is 2. The zero-order valence-electron chi connectivity index (χ0n) is 44.0. The Morgan fingerprint density at radius 3 is 1.40 bits per heavy atom. The summed E-state index contributed by atoms with van der Waals surface area (Å²) in [4.78, 5) is 5.29. The lowest BCUT2D eigenvalue weighted by Crippen LogP contribution is -2.61. The van der Waals surface area contributed by atoms with Gasteiger partial charge in [-0.3, -0.25) is 0 Å². The standard InChI is InChI=1S/C64H72BN3/c1-39-31-44(63(12,13)14)32-40(2)59(39)68-54-34-43(62(9,10)11)25-29-50(54)65-51-37-49-48-33-42(61(6,7)8)26-30-52(48)66(46-21-19-18-20-22-46)53(49)38-55(51)67(47-27-23-41(24-28-47)60(3,4)5)56-35-45(64(15,16)17)36-57(68)58(56)65/h18-38H,1-17H3. The number of benzene rings is 7. The van der Waals surface area contributed by atoms with E-state index in [0.717, 1.165) is 0 Å². The van der Waals surface area contributed by atoms with Crippen LogP contribution in [0, 0.1) is 13.8 Å². The fourth-order valence-electron chi connectivity index (χ4n) is 11.1. The molecule has 1 aromatic heterocycles. The van der Waals surface area contributed by atoms with E-state index in [0.29, 0.717) is 0 Å². The SMILES string of the molecule is Cc1cc(C(C)(C)C)cc(C)c1N1c2cc(C(C)(C)C)ccc2B2c3cc4c5cc(C(C)(C)C)ccc5n(-c5ccccc5)c4cc3N(c3ccc(C(C)(C)C)cc3)c3cc(C(C)(C)C)cc1c32. The maximum atomic E-state index is 2.67. The molecule has 2 aliphatic rings. The molecule has 0 atom stereocenters. The molecule has 3 heterocycles. The van der Waals surface area contributed by atoms with Gasteiger partial charge in [-0.15, -0.1) is 0 Å². The highest BCUT2D eigenvalue weighted by Crippen LogP contribution is 2.50. The van der Waals surface area contributed by atoms with E-state index in [4.69, 9.17) is 0 Å². The van der Waals surface area contributed by atoms with Crippen molar-refractivity contribution in [1.82, 2.24) is 4.57 Å². The number of hydrogen-bond acceptors (Lipinski definition) is 2. The molecule has 0 unspecified atom stereocenters. The van der Waals surface area contributed by atoms with Gasteiger partial charge in [0.25, 0.3) is 6.71 Å². The Hall–Kier alpha value is -6.00. The van der Waals surface area contributed by atoms with Crippen molar-refractivity contribution >= 4 is 79.0 Å². The van der Waals surface area contributed by atoms with Gasteiger partial charge in [-0.1, -0.05) is 171 Å². The third-order valence-corrected chi connectivity index (χ3v) is 15.1. The molecule has 4 heteroatoms. The minimum atomic E-state index is -0.128. The molecular weight excluding hydrogens is 822 g/mol. The summed E-state index contributed by atoms with van der Waals surface area (Å²) in [6, 6.07) is 50.2. The fraction of sp³-hybridized carbons (Fsp3) is 0.344. The summed E-state index contributed by atoms with van der Waals surface area (Å²) in [5.74, 6) is 0. The molecule has 68 heavy (non-hydrogen) atoms. The highest BCUT2D eigenvalue weighted by atomic mass is 15.2. The summed E-state index contributed by atoms with van der Waals surface area (Å²) in [5, 5.41) is 2.58. The smallest absolute Gasteiger partial charge is 0.252 e. The maximum Gasteiger partial charge on any atom is 0.252 e. The van der Waals surface area contributed by atoms with Gasteiger partial charge in [0.05, 0.1) is 16.7 Å². The van der Waals surface area contributed by atoms with E-state index in [-0.39, 0.29) is 33.8 Å². The third-order valence-electron chi connectivity index (χ3n) is 15.1. The first-order valence-corrected chi connectivity index (χ1v) is 25.1. The summed E-state index contributed by atoms with van der Waals surface area (Å²) in [5.41, 5.74) is 24.3. The highest BCUT2D eigenvalue weighted by Gasteiger charge is 2.45. The number of rotatable bonds is 3. The largest absolute Gasteiger partial charge is 0.311 e. The normalized spacial score (nSPS) is 14.2. The lowest BCUT2D eigenvalue weighted by atomic mass is 9.33. The molecule has 0 aliphatic carbocycles. The first-order chi connectivity index (χ1) is 31.7. The van der Waals surface area contributed by atoms with Crippen LogP contribution in [0.3, 0.4) is 0 Å². The maximum absolute atomic E-state index is 2.67. The van der Waals surface area contributed by atoms with Crippen molar-refractivity contribution in [2.24, 2.45) is 0 Å². The van der Waals surface area contributed by atoms with Gasteiger partial charge in [-0.2, -0.15) is 0 Å². The molecule has 0 radical (unpaired) electrons. The van der Waals surface area contributed by atoms with Crippen LogP contribution in [-0.2, 0) is 27.1 Å². The Balaban J connectivity index is 1.39. The lowest BCUT2D eigenvalue weighted by molar-refractivity contribution is 0.588. The van der Waals surface area contributed by atoms with E-state index in [9.17, 15) is 0 Å². The zero-order chi connectivity index (χ0) is 48.8. The molecule has 0 amide bonds. The first kappa shape index (κ1) is 45.8. The van der Waals surface area contributed by atoms with E-state index in [2.05, 4.69) is 259 Å². The van der Waals surface area contributed by atoms with Crippen molar-refractivity contribution in [2.75, 3.05) is 9.80 Å². The molecular formula is C64H72BN3. The lowest BCUT2D eigenvalue weighted by Gasteiger charge is -2.46. The van der Waals surface area contributed by atoms with Gasteiger partial charge in [0.1, 0.15) is 0 Å². The monoisotopic (exact) mass is 894 g/mol. The molecule has 2 aliphatic heterocycles. The Morgan fingerprint density at radius 1 is 0.353 bits per heavy atom. The van der Waals surface area contributed by atoms with Crippen molar-refractivity contribution in [3.63, 3.8) is 0 Å². The van der Waals surface area contributed by atoms with Crippen molar-refractivity contribution in [3.05, 3.63) is 166 Å². The van der Waals surface area contributed by atoms with E-state index >= 15 is 0 Å². The van der Waals surface area contributed by atoms with E-state index < -0.39 is 0 Å². The minimum absolute atomic E-state index is 0.00390. The molecule has 10 rings (SSSR count). The molecule has 3 nitrogen and oxygen atoms in total. The molecule has 0 N–H and O–H groups in total. The second kappa shape index (κ2) is 15.3. The Labute approximate surface area is 408 Å². The number of aromatic nitrogens is 1. The number of anilines is 6. The number of nitrogens with zero attached hydrogens (tertiary/aromatic N) is 3. The summed E-state index contributed by atoms with van der Waals surface area (Å²) in [7, 11) is 0. The highest BCUT2D eigenvalue weighted by molar-refractivity contribution is 7.00.